The van der Waals surface area contributed by atoms with Gasteiger partial charge in [-0.3, -0.25) is 14.4 Å². The van der Waals surface area contributed by atoms with Crippen LogP contribution in [0.4, 0.5) is 11.4 Å². The summed E-state index contributed by atoms with van der Waals surface area (Å²) in [6, 6.07) is 6.61. The minimum absolute atomic E-state index is 0.0248. The van der Waals surface area contributed by atoms with E-state index in [9.17, 15) is 19.5 Å². The minimum atomic E-state index is -0.915. The highest BCUT2D eigenvalue weighted by molar-refractivity contribution is 8.02. The van der Waals surface area contributed by atoms with Crippen LogP contribution in [0.2, 0.25) is 0 Å². The maximum Gasteiger partial charge on any atom is 0.251 e. The highest BCUT2D eigenvalue weighted by Crippen LogP contribution is 2.65. The number of amides is 3. The fraction of sp³-hybridized carbons (Fsp3) is 0.581. The van der Waals surface area contributed by atoms with Gasteiger partial charge >= 0.3 is 0 Å². The molecule has 0 bridgehead atoms. The van der Waals surface area contributed by atoms with E-state index in [0.29, 0.717) is 19.6 Å². The maximum atomic E-state index is 14.6. The van der Waals surface area contributed by atoms with Crippen molar-refractivity contribution in [3.8, 4) is 0 Å². The fourth-order valence-electron chi connectivity index (χ4n) is 7.21. The average Bonchev–Trinajstić information content (AvgIpc) is 3.23. The number of nitrogens with zero attached hydrogens (tertiary/aromatic N) is 4. The number of hydrogen-bond donors (Lipinski definition) is 1. The Hall–Kier alpha value is -2.78. The maximum absolute atomic E-state index is 14.6. The number of fused-ring (bicyclic) bond motifs is 2. The molecular formula is C31H42N4O4S. The van der Waals surface area contributed by atoms with E-state index in [4.69, 9.17) is 0 Å². The highest BCUT2D eigenvalue weighted by atomic mass is 32.2. The lowest BCUT2D eigenvalue weighted by atomic mass is 9.74. The molecule has 1 unspecified atom stereocenters. The van der Waals surface area contributed by atoms with Crippen molar-refractivity contribution in [1.82, 2.24) is 9.80 Å². The predicted molar refractivity (Wildman–Crippen MR) is 160 cm³/mol. The molecule has 40 heavy (non-hydrogen) atoms. The number of aliphatic hydroxyl groups excluding tert-OH is 1. The van der Waals surface area contributed by atoms with Crippen molar-refractivity contribution in [3.63, 3.8) is 0 Å². The van der Waals surface area contributed by atoms with Gasteiger partial charge in [0.15, 0.2) is 0 Å². The number of aliphatic hydroxyl groups is 1. The van der Waals surface area contributed by atoms with Gasteiger partial charge < -0.3 is 24.7 Å². The van der Waals surface area contributed by atoms with Crippen molar-refractivity contribution in [2.45, 2.75) is 62.6 Å². The van der Waals surface area contributed by atoms with Gasteiger partial charge in [-0.15, -0.1) is 11.8 Å². The molecule has 4 aliphatic heterocycles. The topological polar surface area (TPSA) is 84.4 Å². The lowest BCUT2D eigenvalue weighted by Gasteiger charge is -2.38. The molecule has 4 heterocycles. The molecule has 0 saturated carbocycles. The first-order valence-corrected chi connectivity index (χ1v) is 15.4. The van der Waals surface area contributed by atoms with Crippen LogP contribution in [0.3, 0.4) is 0 Å². The molecule has 3 amide bonds. The molecule has 5 rings (SSSR count). The fourth-order valence-corrected chi connectivity index (χ4v) is 9.35. The Kier molecular flexibility index (Phi) is 7.83. The van der Waals surface area contributed by atoms with Gasteiger partial charge in [0.05, 0.1) is 29.2 Å². The first-order chi connectivity index (χ1) is 19.2. The first-order valence-electron chi connectivity index (χ1n) is 14.6. The third kappa shape index (κ3) is 4.28. The lowest BCUT2D eigenvalue weighted by Crippen LogP contribution is -2.56. The van der Waals surface area contributed by atoms with Crippen LogP contribution in [0.5, 0.6) is 0 Å². The summed E-state index contributed by atoms with van der Waals surface area (Å²) in [6.07, 6.45) is 8.97. The molecule has 0 aliphatic carbocycles. The molecule has 4 aliphatic rings. The van der Waals surface area contributed by atoms with E-state index in [1.807, 2.05) is 61.2 Å². The van der Waals surface area contributed by atoms with Crippen LogP contribution in [0.1, 0.15) is 41.0 Å². The summed E-state index contributed by atoms with van der Waals surface area (Å²) < 4.78 is -1.54. The highest BCUT2D eigenvalue weighted by Gasteiger charge is 2.74. The smallest absolute Gasteiger partial charge is 0.251 e. The number of carbonyl (C=O) groups excluding carboxylic acids is 3. The zero-order chi connectivity index (χ0) is 28.8. The number of carbonyl (C=O) groups is 3. The Balaban J connectivity index is 1.59. The molecule has 2 saturated heterocycles. The summed E-state index contributed by atoms with van der Waals surface area (Å²) in [5.74, 6) is -1.70. The molecule has 0 radical (unpaired) electrons. The molecule has 2 fully saturated rings. The van der Waals surface area contributed by atoms with E-state index in [1.54, 1.807) is 28.5 Å². The summed E-state index contributed by atoms with van der Waals surface area (Å²) in [5, 5.41) is 10.2. The number of hydrogen-bond acceptors (Lipinski definition) is 6. The third-order valence-corrected chi connectivity index (χ3v) is 10.9. The molecule has 0 aromatic heterocycles. The largest absolute Gasteiger partial charge is 0.394 e. The van der Waals surface area contributed by atoms with Gasteiger partial charge in [-0.25, -0.2) is 0 Å². The normalized spacial score (nSPS) is 32.1. The molecule has 1 N–H and O–H groups in total. The van der Waals surface area contributed by atoms with Gasteiger partial charge in [-0.1, -0.05) is 31.2 Å². The van der Waals surface area contributed by atoms with Crippen molar-refractivity contribution >= 4 is 40.9 Å². The van der Waals surface area contributed by atoms with Gasteiger partial charge in [0.2, 0.25) is 11.8 Å². The van der Waals surface area contributed by atoms with E-state index in [1.165, 1.54) is 0 Å². The van der Waals surface area contributed by atoms with E-state index < -0.39 is 33.4 Å². The van der Waals surface area contributed by atoms with Crippen molar-refractivity contribution in [2.75, 3.05) is 49.1 Å². The lowest BCUT2D eigenvalue weighted by molar-refractivity contribution is -0.145. The van der Waals surface area contributed by atoms with Gasteiger partial charge in [-0.2, -0.15) is 0 Å². The van der Waals surface area contributed by atoms with E-state index >= 15 is 0 Å². The zero-order valence-corrected chi connectivity index (χ0v) is 25.1. The van der Waals surface area contributed by atoms with Crippen LogP contribution >= 0.6 is 11.8 Å². The Labute approximate surface area is 242 Å². The molecule has 9 heteroatoms. The molecular weight excluding hydrogens is 524 g/mol. The van der Waals surface area contributed by atoms with Crippen molar-refractivity contribution < 1.29 is 19.5 Å². The van der Waals surface area contributed by atoms with Gasteiger partial charge in [0, 0.05) is 48.8 Å². The van der Waals surface area contributed by atoms with Crippen molar-refractivity contribution in [3.05, 3.63) is 48.6 Å². The number of thioether (sulfide) groups is 1. The number of anilines is 2. The molecule has 1 aromatic carbocycles. The van der Waals surface area contributed by atoms with Crippen LogP contribution in [0.25, 0.3) is 0 Å². The van der Waals surface area contributed by atoms with Gasteiger partial charge in [0.25, 0.3) is 5.91 Å². The minimum Gasteiger partial charge on any atom is -0.394 e. The SMILES string of the molecule is CCCN1CC=C[C@@]2(C)S[C@]34C=CCN(c5ccc(N(CC)CC)cc5)C(=O)C3N([C@H](C)CO)C(=O)[C@@H]4[C@H]2C1=O. The summed E-state index contributed by atoms with van der Waals surface area (Å²) in [5.41, 5.74) is 1.86. The number of rotatable bonds is 8. The van der Waals surface area contributed by atoms with E-state index in [2.05, 4.69) is 24.8 Å². The van der Waals surface area contributed by atoms with Crippen LogP contribution in [-0.4, -0.2) is 93.5 Å². The van der Waals surface area contributed by atoms with Crippen LogP contribution in [0.15, 0.2) is 48.6 Å². The second kappa shape index (κ2) is 10.9. The zero-order valence-electron chi connectivity index (χ0n) is 24.2. The second-order valence-electron chi connectivity index (χ2n) is 11.5. The van der Waals surface area contributed by atoms with Crippen molar-refractivity contribution in [2.24, 2.45) is 11.8 Å². The Morgan fingerprint density at radius 1 is 0.975 bits per heavy atom. The Bertz CT molecular complexity index is 1210. The number of likely N-dealkylation sites (tertiary alicyclic amines) is 1. The summed E-state index contributed by atoms with van der Waals surface area (Å²) in [4.78, 5) is 50.4. The Morgan fingerprint density at radius 2 is 1.65 bits per heavy atom. The molecule has 8 nitrogen and oxygen atoms in total. The standard InChI is InChI=1S/C31H42N4O4S/c1-6-17-33-18-9-15-30(5)24(27(33)37)25-28(38)35(21(4)20-36)26-29(39)34(19-10-16-31(25,26)40-30)23-13-11-22(12-14-23)32(7-2)8-3/h9-16,21,24-26,36H,6-8,17-20H2,1-5H3/t21-,24+,25+,26?,30-,31+/m1/s1. The molecule has 6 atom stereocenters. The van der Waals surface area contributed by atoms with Gasteiger partial charge in [-0.05, 0) is 58.4 Å². The molecule has 216 valence electrons. The van der Waals surface area contributed by atoms with Crippen LogP contribution in [0, 0.1) is 11.8 Å². The second-order valence-corrected chi connectivity index (χ2v) is 13.3. The van der Waals surface area contributed by atoms with Crippen molar-refractivity contribution in [1.29, 1.82) is 0 Å². The summed E-state index contributed by atoms with van der Waals surface area (Å²) in [6.45, 7) is 13.1. The van der Waals surface area contributed by atoms with Gasteiger partial charge in [0.1, 0.15) is 6.04 Å². The monoisotopic (exact) mass is 566 g/mol. The van der Waals surface area contributed by atoms with Crippen LogP contribution in [-0.2, 0) is 14.4 Å². The third-order valence-electron chi connectivity index (χ3n) is 9.10. The quantitative estimate of drug-likeness (QED) is 0.486. The molecule has 1 aromatic rings. The summed E-state index contributed by atoms with van der Waals surface area (Å²) >= 11 is 1.58. The predicted octanol–water partition coefficient (Wildman–Crippen LogP) is 3.31. The van der Waals surface area contributed by atoms with Crippen LogP contribution < -0.4 is 9.80 Å². The molecule has 1 spiro atoms. The van der Waals surface area contributed by atoms with E-state index in [0.717, 1.165) is 30.9 Å². The average molecular weight is 567 g/mol. The summed E-state index contributed by atoms with van der Waals surface area (Å²) in [7, 11) is 0. The number of benzene rings is 1. The van der Waals surface area contributed by atoms with E-state index in [-0.39, 0.29) is 24.3 Å². The Morgan fingerprint density at radius 3 is 2.27 bits per heavy atom. The first kappa shape index (κ1) is 28.7.